The molecule has 2 N–H and O–H groups in total. The van der Waals surface area contributed by atoms with Crippen LogP contribution in [0.3, 0.4) is 0 Å². The molecular weight excluding hydrogens is 250 g/mol. The van der Waals surface area contributed by atoms with E-state index in [9.17, 15) is 8.42 Å². The number of hydrogen-bond acceptors (Lipinski definition) is 4. The molecule has 0 radical (unpaired) electrons. The second kappa shape index (κ2) is 4.28. The van der Waals surface area contributed by atoms with Crippen molar-refractivity contribution in [2.75, 3.05) is 16.8 Å². The fraction of sp³-hybridized carbons (Fsp3) is 0.417. The molecule has 96 valence electrons. The first-order chi connectivity index (χ1) is 8.62. The molecule has 18 heavy (non-hydrogen) atoms. The molecule has 3 rings (SSSR count). The average molecular weight is 265 g/mol. The molecule has 6 heteroatoms. The highest BCUT2D eigenvalue weighted by atomic mass is 32.2. The Kier molecular flexibility index (Phi) is 2.74. The lowest BCUT2D eigenvalue weighted by atomic mass is 10.1. The van der Waals surface area contributed by atoms with Crippen molar-refractivity contribution in [3.8, 4) is 0 Å². The number of aromatic nitrogens is 2. The number of nitrogens with one attached hydrogen (secondary N) is 2. The summed E-state index contributed by atoms with van der Waals surface area (Å²) in [5.41, 5.74) is 2.03. The molecule has 2 heterocycles. The van der Waals surface area contributed by atoms with Gasteiger partial charge >= 0.3 is 0 Å². The molecule has 0 spiro atoms. The van der Waals surface area contributed by atoms with E-state index in [0.717, 1.165) is 16.6 Å². The number of fused-ring (bicyclic) bond motifs is 1. The SMILES string of the molecule is O=S1(=O)CCC(Nc2ccc3[nH]ncc3c2)CC1. The highest BCUT2D eigenvalue weighted by molar-refractivity contribution is 7.91. The summed E-state index contributed by atoms with van der Waals surface area (Å²) >= 11 is 0. The zero-order valence-electron chi connectivity index (χ0n) is 9.89. The molecule has 0 amide bonds. The van der Waals surface area contributed by atoms with Crippen molar-refractivity contribution in [2.45, 2.75) is 18.9 Å². The zero-order valence-corrected chi connectivity index (χ0v) is 10.7. The van der Waals surface area contributed by atoms with Crippen LogP contribution in [0.2, 0.25) is 0 Å². The first-order valence-electron chi connectivity index (χ1n) is 6.02. The molecule has 5 nitrogen and oxygen atoms in total. The molecular formula is C12H15N3O2S. The van der Waals surface area contributed by atoms with Crippen molar-refractivity contribution in [1.82, 2.24) is 10.2 Å². The minimum absolute atomic E-state index is 0.248. The van der Waals surface area contributed by atoms with Gasteiger partial charge in [0.1, 0.15) is 9.84 Å². The number of benzene rings is 1. The van der Waals surface area contributed by atoms with Gasteiger partial charge in [0.25, 0.3) is 0 Å². The molecule has 1 saturated heterocycles. The minimum atomic E-state index is -2.79. The molecule has 0 saturated carbocycles. The lowest BCUT2D eigenvalue weighted by Gasteiger charge is -2.24. The Morgan fingerprint density at radius 2 is 2.06 bits per heavy atom. The van der Waals surface area contributed by atoms with E-state index in [-0.39, 0.29) is 6.04 Å². The summed E-state index contributed by atoms with van der Waals surface area (Å²) in [6.07, 6.45) is 3.16. The van der Waals surface area contributed by atoms with Gasteiger partial charge < -0.3 is 5.32 Å². The normalized spacial score (nSPS) is 20.0. The summed E-state index contributed by atoms with van der Waals surface area (Å²) in [5.74, 6) is 0.581. The smallest absolute Gasteiger partial charge is 0.150 e. The number of anilines is 1. The summed E-state index contributed by atoms with van der Waals surface area (Å²) in [6, 6.07) is 6.24. The van der Waals surface area contributed by atoms with E-state index in [1.54, 1.807) is 6.20 Å². The summed E-state index contributed by atoms with van der Waals surface area (Å²) in [4.78, 5) is 0. The van der Waals surface area contributed by atoms with Gasteiger partial charge in [-0.05, 0) is 31.0 Å². The number of sulfone groups is 1. The molecule has 2 aromatic rings. The van der Waals surface area contributed by atoms with E-state index in [0.29, 0.717) is 24.3 Å². The van der Waals surface area contributed by atoms with Crippen LogP contribution in [0.4, 0.5) is 5.69 Å². The summed E-state index contributed by atoms with van der Waals surface area (Å²) in [6.45, 7) is 0. The van der Waals surface area contributed by atoms with Gasteiger partial charge in [-0.1, -0.05) is 0 Å². The van der Waals surface area contributed by atoms with E-state index in [2.05, 4.69) is 15.5 Å². The maximum absolute atomic E-state index is 11.3. The van der Waals surface area contributed by atoms with E-state index >= 15 is 0 Å². The van der Waals surface area contributed by atoms with Gasteiger partial charge in [-0.2, -0.15) is 5.10 Å². The van der Waals surface area contributed by atoms with Crippen LogP contribution in [-0.2, 0) is 9.84 Å². The van der Waals surface area contributed by atoms with E-state index < -0.39 is 9.84 Å². The molecule has 1 aromatic carbocycles. The van der Waals surface area contributed by atoms with Crippen molar-refractivity contribution in [3.63, 3.8) is 0 Å². The van der Waals surface area contributed by atoms with Crippen LogP contribution in [0.15, 0.2) is 24.4 Å². The number of nitrogens with zero attached hydrogens (tertiary/aromatic N) is 1. The Hall–Kier alpha value is -1.56. The standard InChI is InChI=1S/C12H15N3O2S/c16-18(17)5-3-10(4-6-18)14-11-1-2-12-9(7-11)8-13-15-12/h1-2,7-8,10,14H,3-6H2,(H,13,15). The van der Waals surface area contributed by atoms with Gasteiger partial charge in [-0.3, -0.25) is 5.10 Å². The Morgan fingerprint density at radius 1 is 1.28 bits per heavy atom. The van der Waals surface area contributed by atoms with Crippen LogP contribution in [0.25, 0.3) is 10.9 Å². The van der Waals surface area contributed by atoms with Gasteiger partial charge in [0.15, 0.2) is 0 Å². The quantitative estimate of drug-likeness (QED) is 0.864. The van der Waals surface area contributed by atoms with Crippen molar-refractivity contribution in [1.29, 1.82) is 0 Å². The van der Waals surface area contributed by atoms with E-state index in [1.807, 2.05) is 18.2 Å². The third kappa shape index (κ3) is 2.33. The third-order valence-corrected chi connectivity index (χ3v) is 5.08. The lowest BCUT2D eigenvalue weighted by molar-refractivity contribution is 0.559. The molecule has 0 aliphatic carbocycles. The van der Waals surface area contributed by atoms with Crippen molar-refractivity contribution < 1.29 is 8.42 Å². The van der Waals surface area contributed by atoms with Crippen molar-refractivity contribution in [2.24, 2.45) is 0 Å². The fourth-order valence-corrected chi connectivity index (χ4v) is 3.79. The Labute approximate surface area is 106 Å². The largest absolute Gasteiger partial charge is 0.382 e. The highest BCUT2D eigenvalue weighted by Gasteiger charge is 2.23. The van der Waals surface area contributed by atoms with Crippen LogP contribution in [0.1, 0.15) is 12.8 Å². The minimum Gasteiger partial charge on any atom is -0.382 e. The molecule has 1 aliphatic heterocycles. The van der Waals surface area contributed by atoms with E-state index in [4.69, 9.17) is 0 Å². The Balaban J connectivity index is 1.72. The predicted molar refractivity (Wildman–Crippen MR) is 71.4 cm³/mol. The van der Waals surface area contributed by atoms with Crippen LogP contribution in [-0.4, -0.2) is 36.2 Å². The number of rotatable bonds is 2. The van der Waals surface area contributed by atoms with Crippen molar-refractivity contribution >= 4 is 26.4 Å². The van der Waals surface area contributed by atoms with Crippen LogP contribution < -0.4 is 5.32 Å². The number of hydrogen-bond donors (Lipinski definition) is 2. The molecule has 0 atom stereocenters. The number of aromatic amines is 1. The molecule has 0 bridgehead atoms. The van der Waals surface area contributed by atoms with Gasteiger partial charge in [0, 0.05) is 17.1 Å². The maximum atomic E-state index is 11.3. The fourth-order valence-electron chi connectivity index (χ4n) is 2.30. The summed E-state index contributed by atoms with van der Waals surface area (Å²) in [7, 11) is -2.79. The average Bonchev–Trinajstić information content (AvgIpc) is 2.79. The highest BCUT2D eigenvalue weighted by Crippen LogP contribution is 2.21. The van der Waals surface area contributed by atoms with Crippen molar-refractivity contribution in [3.05, 3.63) is 24.4 Å². The first kappa shape index (κ1) is 11.5. The molecule has 1 aliphatic rings. The second-order valence-electron chi connectivity index (χ2n) is 4.74. The van der Waals surface area contributed by atoms with Crippen LogP contribution >= 0.6 is 0 Å². The predicted octanol–water partition coefficient (Wildman–Crippen LogP) is 1.55. The number of H-pyrrole nitrogens is 1. The molecule has 1 fully saturated rings. The zero-order chi connectivity index (χ0) is 12.6. The molecule has 0 unspecified atom stereocenters. The maximum Gasteiger partial charge on any atom is 0.150 e. The first-order valence-corrected chi connectivity index (χ1v) is 7.85. The summed E-state index contributed by atoms with van der Waals surface area (Å²) < 4.78 is 22.7. The van der Waals surface area contributed by atoms with Crippen LogP contribution in [0.5, 0.6) is 0 Å². The van der Waals surface area contributed by atoms with Crippen LogP contribution in [0, 0.1) is 0 Å². The third-order valence-electron chi connectivity index (χ3n) is 3.37. The second-order valence-corrected chi connectivity index (χ2v) is 7.05. The van der Waals surface area contributed by atoms with Gasteiger partial charge in [0.05, 0.1) is 23.2 Å². The monoisotopic (exact) mass is 265 g/mol. The Bertz CT molecular complexity index is 649. The van der Waals surface area contributed by atoms with E-state index in [1.165, 1.54) is 0 Å². The summed E-state index contributed by atoms with van der Waals surface area (Å²) in [5, 5.41) is 11.3. The Morgan fingerprint density at radius 3 is 2.83 bits per heavy atom. The van der Waals surface area contributed by atoms with Gasteiger partial charge in [0.2, 0.25) is 0 Å². The van der Waals surface area contributed by atoms with Gasteiger partial charge in [-0.15, -0.1) is 0 Å². The molecule has 1 aromatic heterocycles. The topological polar surface area (TPSA) is 74.8 Å². The van der Waals surface area contributed by atoms with Gasteiger partial charge in [-0.25, -0.2) is 8.42 Å². The lowest BCUT2D eigenvalue weighted by Crippen LogP contribution is -2.32.